The van der Waals surface area contributed by atoms with Gasteiger partial charge in [-0.05, 0) is 37.0 Å². The number of hydrogen-bond donors (Lipinski definition) is 1. The zero-order valence-corrected chi connectivity index (χ0v) is 11.6. The van der Waals surface area contributed by atoms with Crippen molar-refractivity contribution in [2.75, 3.05) is 0 Å². The van der Waals surface area contributed by atoms with Gasteiger partial charge in [0.2, 0.25) is 0 Å². The third-order valence-corrected chi connectivity index (χ3v) is 4.92. The minimum Gasteiger partial charge on any atom is -0.481 e. The quantitative estimate of drug-likeness (QED) is 0.780. The normalized spacial score (nSPS) is 39.8. The second-order valence-electron chi connectivity index (χ2n) is 7.02. The Morgan fingerprint density at radius 2 is 1.94 bits per heavy atom. The Morgan fingerprint density at radius 3 is 2.56 bits per heavy atom. The number of aliphatic carboxylic acids is 1. The molecule has 0 spiro atoms. The summed E-state index contributed by atoms with van der Waals surface area (Å²) in [5.74, 6) is -0.542. The summed E-state index contributed by atoms with van der Waals surface area (Å²) in [4.78, 5) is 23.9. The van der Waals surface area contributed by atoms with Gasteiger partial charge in [0.15, 0.2) is 0 Å². The van der Waals surface area contributed by atoms with Crippen LogP contribution in [0, 0.1) is 29.1 Å². The average molecular weight is 252 g/mol. The Balaban J connectivity index is 2.30. The molecule has 2 fully saturated rings. The summed E-state index contributed by atoms with van der Waals surface area (Å²) in [5, 5.41) is 9.41. The molecule has 0 aromatic heterocycles. The van der Waals surface area contributed by atoms with Crippen LogP contribution in [0.4, 0.5) is 0 Å². The lowest BCUT2D eigenvalue weighted by molar-refractivity contribution is -0.146. The lowest BCUT2D eigenvalue weighted by Gasteiger charge is -2.29. The number of fused-ring (bicyclic) bond motifs is 1. The second kappa shape index (κ2) is 4.67. The van der Waals surface area contributed by atoms with Gasteiger partial charge in [-0.25, -0.2) is 0 Å². The van der Waals surface area contributed by atoms with Crippen LogP contribution in [-0.2, 0) is 9.59 Å². The molecule has 0 radical (unpaired) electrons. The predicted molar refractivity (Wildman–Crippen MR) is 69.1 cm³/mol. The standard InChI is InChI=1S/C15H24O3/c1-9-5-4-6-10(14(17)18)11-7-15(2,3)8-12(11)13(9)16/h9-12H,4-8H2,1-3H3,(H,17,18). The number of ketones is 1. The van der Waals surface area contributed by atoms with Crippen LogP contribution in [0.5, 0.6) is 0 Å². The number of rotatable bonds is 1. The summed E-state index contributed by atoms with van der Waals surface area (Å²) in [7, 11) is 0. The third kappa shape index (κ3) is 2.45. The zero-order chi connectivity index (χ0) is 13.5. The summed E-state index contributed by atoms with van der Waals surface area (Å²) in [5.41, 5.74) is 0.114. The first-order valence-electron chi connectivity index (χ1n) is 7.08. The fourth-order valence-corrected chi connectivity index (χ4v) is 4.02. The van der Waals surface area contributed by atoms with E-state index in [4.69, 9.17) is 0 Å². The number of carboxylic acids is 1. The van der Waals surface area contributed by atoms with E-state index in [1.807, 2.05) is 6.92 Å². The molecule has 0 aliphatic heterocycles. The molecule has 3 heteroatoms. The van der Waals surface area contributed by atoms with Crippen molar-refractivity contribution in [3.05, 3.63) is 0 Å². The number of carboxylic acid groups (broad SMARTS) is 1. The molecule has 0 aromatic rings. The van der Waals surface area contributed by atoms with Gasteiger partial charge in [0, 0.05) is 11.8 Å². The topological polar surface area (TPSA) is 54.4 Å². The molecule has 18 heavy (non-hydrogen) atoms. The highest BCUT2D eigenvalue weighted by molar-refractivity contribution is 5.85. The molecule has 2 aliphatic rings. The maximum atomic E-state index is 12.4. The molecule has 102 valence electrons. The number of Topliss-reactive ketones (excluding diaryl/α,β-unsaturated/α-hetero) is 1. The highest BCUT2D eigenvalue weighted by atomic mass is 16.4. The highest BCUT2D eigenvalue weighted by Gasteiger charge is 2.49. The van der Waals surface area contributed by atoms with E-state index in [9.17, 15) is 14.7 Å². The first-order valence-corrected chi connectivity index (χ1v) is 7.08. The van der Waals surface area contributed by atoms with E-state index in [2.05, 4.69) is 13.8 Å². The maximum Gasteiger partial charge on any atom is 0.306 e. The summed E-state index contributed by atoms with van der Waals surface area (Å²) >= 11 is 0. The van der Waals surface area contributed by atoms with Crippen LogP contribution in [-0.4, -0.2) is 16.9 Å². The van der Waals surface area contributed by atoms with Gasteiger partial charge in [-0.15, -0.1) is 0 Å². The molecule has 0 saturated heterocycles. The fraction of sp³-hybridized carbons (Fsp3) is 0.867. The van der Waals surface area contributed by atoms with Crippen LogP contribution < -0.4 is 0 Å². The summed E-state index contributed by atoms with van der Waals surface area (Å²) in [6.45, 7) is 6.33. The Morgan fingerprint density at radius 1 is 1.28 bits per heavy atom. The van der Waals surface area contributed by atoms with E-state index in [1.54, 1.807) is 0 Å². The monoisotopic (exact) mass is 252 g/mol. The zero-order valence-electron chi connectivity index (χ0n) is 11.6. The van der Waals surface area contributed by atoms with Crippen molar-refractivity contribution in [1.82, 2.24) is 0 Å². The highest BCUT2D eigenvalue weighted by Crippen LogP contribution is 2.51. The van der Waals surface area contributed by atoms with E-state index in [0.29, 0.717) is 5.78 Å². The van der Waals surface area contributed by atoms with Crippen LogP contribution in [0.25, 0.3) is 0 Å². The molecule has 0 heterocycles. The number of hydrogen-bond acceptors (Lipinski definition) is 2. The largest absolute Gasteiger partial charge is 0.481 e. The molecule has 1 N–H and O–H groups in total. The Labute approximate surface area is 109 Å². The minimum absolute atomic E-state index is 0.0172. The smallest absolute Gasteiger partial charge is 0.306 e. The van der Waals surface area contributed by atoms with Gasteiger partial charge in [0.25, 0.3) is 0 Å². The summed E-state index contributed by atoms with van der Waals surface area (Å²) in [6, 6.07) is 0. The van der Waals surface area contributed by atoms with Crippen LogP contribution >= 0.6 is 0 Å². The Bertz CT molecular complexity index is 359. The van der Waals surface area contributed by atoms with Gasteiger partial charge in [-0.1, -0.05) is 27.2 Å². The maximum absolute atomic E-state index is 12.4. The number of carbonyl (C=O) groups is 2. The van der Waals surface area contributed by atoms with Gasteiger partial charge >= 0.3 is 5.97 Å². The van der Waals surface area contributed by atoms with Crippen LogP contribution in [0.1, 0.15) is 52.9 Å². The molecule has 0 bridgehead atoms. The van der Waals surface area contributed by atoms with E-state index in [-0.39, 0.29) is 29.1 Å². The molecule has 4 atom stereocenters. The lowest BCUT2D eigenvalue weighted by Crippen LogP contribution is -2.34. The minimum atomic E-state index is -0.704. The molecule has 2 saturated carbocycles. The van der Waals surface area contributed by atoms with Gasteiger partial charge in [-0.3, -0.25) is 9.59 Å². The van der Waals surface area contributed by atoms with Crippen molar-refractivity contribution in [2.45, 2.75) is 52.9 Å². The van der Waals surface area contributed by atoms with Crippen molar-refractivity contribution >= 4 is 11.8 Å². The Kier molecular flexibility index (Phi) is 3.52. The van der Waals surface area contributed by atoms with Crippen molar-refractivity contribution in [1.29, 1.82) is 0 Å². The van der Waals surface area contributed by atoms with Crippen molar-refractivity contribution in [2.24, 2.45) is 29.1 Å². The van der Waals surface area contributed by atoms with Gasteiger partial charge in [-0.2, -0.15) is 0 Å². The van der Waals surface area contributed by atoms with Crippen molar-refractivity contribution in [3.63, 3.8) is 0 Å². The van der Waals surface area contributed by atoms with E-state index in [1.165, 1.54) is 0 Å². The molecule has 3 nitrogen and oxygen atoms in total. The van der Waals surface area contributed by atoms with E-state index in [0.717, 1.165) is 32.1 Å². The van der Waals surface area contributed by atoms with Gasteiger partial charge in [0.05, 0.1) is 5.92 Å². The third-order valence-electron chi connectivity index (χ3n) is 4.92. The van der Waals surface area contributed by atoms with Gasteiger partial charge < -0.3 is 5.11 Å². The molecular formula is C15H24O3. The molecule has 4 unspecified atom stereocenters. The fourth-order valence-electron chi connectivity index (χ4n) is 4.02. The van der Waals surface area contributed by atoms with E-state index >= 15 is 0 Å². The first kappa shape index (κ1) is 13.6. The van der Waals surface area contributed by atoms with Gasteiger partial charge in [0.1, 0.15) is 5.78 Å². The molecule has 2 aliphatic carbocycles. The van der Waals surface area contributed by atoms with E-state index < -0.39 is 5.97 Å². The second-order valence-corrected chi connectivity index (χ2v) is 7.02. The van der Waals surface area contributed by atoms with Crippen molar-refractivity contribution in [3.8, 4) is 0 Å². The molecule has 0 aromatic carbocycles. The average Bonchev–Trinajstić information content (AvgIpc) is 2.57. The summed E-state index contributed by atoms with van der Waals surface area (Å²) in [6.07, 6.45) is 4.21. The molecule has 2 rings (SSSR count). The molecule has 0 amide bonds. The summed E-state index contributed by atoms with van der Waals surface area (Å²) < 4.78 is 0. The van der Waals surface area contributed by atoms with Crippen LogP contribution in [0.15, 0.2) is 0 Å². The first-order chi connectivity index (χ1) is 8.32. The van der Waals surface area contributed by atoms with Crippen molar-refractivity contribution < 1.29 is 14.7 Å². The van der Waals surface area contributed by atoms with Crippen LogP contribution in [0.3, 0.4) is 0 Å². The number of carbonyl (C=O) groups excluding carboxylic acids is 1. The Hall–Kier alpha value is -0.860. The van der Waals surface area contributed by atoms with Crippen LogP contribution in [0.2, 0.25) is 0 Å². The molecular weight excluding hydrogens is 228 g/mol. The lowest BCUT2D eigenvalue weighted by atomic mass is 9.73. The SMILES string of the molecule is CC1CCCC(C(=O)O)C2CC(C)(C)CC2C1=O. The predicted octanol–water partition coefficient (Wildman–Crippen LogP) is 3.13.